The maximum Gasteiger partial charge on any atom is 0.124 e. The van der Waals surface area contributed by atoms with Crippen LogP contribution in [0.3, 0.4) is 0 Å². The Morgan fingerprint density at radius 1 is 1.00 bits per heavy atom. The monoisotopic (exact) mass is 440 g/mol. The van der Waals surface area contributed by atoms with Crippen LogP contribution in [0.25, 0.3) is 33.1 Å². The highest BCUT2D eigenvalue weighted by molar-refractivity contribution is 6.03. The summed E-state index contributed by atoms with van der Waals surface area (Å²) in [5.74, 6) is 1.05. The van der Waals surface area contributed by atoms with Crippen molar-refractivity contribution in [2.24, 2.45) is 12.0 Å². The smallest absolute Gasteiger partial charge is 0.124 e. The van der Waals surface area contributed by atoms with E-state index in [1.807, 2.05) is 11.7 Å². The van der Waals surface area contributed by atoms with Crippen molar-refractivity contribution in [3.8, 4) is 11.3 Å². The van der Waals surface area contributed by atoms with E-state index in [2.05, 4.69) is 83.4 Å². The first-order valence-corrected chi connectivity index (χ1v) is 11.5. The van der Waals surface area contributed by atoms with Crippen molar-refractivity contribution in [1.82, 2.24) is 24.5 Å². The summed E-state index contributed by atoms with van der Waals surface area (Å²) in [4.78, 5) is 7.19. The van der Waals surface area contributed by atoms with Crippen LogP contribution in [0.5, 0.6) is 0 Å². The number of aliphatic imine (C=N–C) groups is 1. The van der Waals surface area contributed by atoms with Gasteiger partial charge in [-0.05, 0) is 38.0 Å². The minimum absolute atomic E-state index is 0.346. The van der Waals surface area contributed by atoms with Gasteiger partial charge < -0.3 is 9.64 Å². The average molecular weight is 441 g/mol. The highest BCUT2D eigenvalue weighted by atomic mass is 16.5. The second kappa shape index (κ2) is 7.56. The van der Waals surface area contributed by atoms with Gasteiger partial charge in [0.15, 0.2) is 0 Å². The zero-order chi connectivity index (χ0) is 22.6. The molecule has 1 saturated heterocycles. The van der Waals surface area contributed by atoms with Gasteiger partial charge in [0.05, 0.1) is 29.8 Å². The van der Waals surface area contributed by atoms with Gasteiger partial charge in [0, 0.05) is 48.9 Å². The van der Waals surface area contributed by atoms with Crippen LogP contribution in [0.1, 0.15) is 18.9 Å². The lowest BCUT2D eigenvalue weighted by molar-refractivity contribution is 0.0526. The van der Waals surface area contributed by atoms with E-state index in [1.54, 1.807) is 0 Å². The molecule has 33 heavy (non-hydrogen) atoms. The molecular formula is C26H28N6O. The number of rotatable bonds is 3. The van der Waals surface area contributed by atoms with Gasteiger partial charge in [-0.25, -0.2) is 4.99 Å². The Labute approximate surface area is 193 Å². The summed E-state index contributed by atoms with van der Waals surface area (Å²) >= 11 is 0. The molecule has 0 saturated carbocycles. The number of benzene rings is 2. The summed E-state index contributed by atoms with van der Waals surface area (Å²) in [5.41, 5.74) is 5.10. The van der Waals surface area contributed by atoms with Crippen molar-refractivity contribution in [3.63, 3.8) is 0 Å². The lowest BCUT2D eigenvalue weighted by atomic mass is 9.96. The van der Waals surface area contributed by atoms with Crippen LogP contribution in [0, 0.1) is 6.92 Å². The molecule has 6 rings (SSSR count). The summed E-state index contributed by atoms with van der Waals surface area (Å²) in [6.45, 7) is 7.68. The molecule has 2 aliphatic heterocycles. The molecule has 7 heteroatoms. The van der Waals surface area contributed by atoms with E-state index >= 15 is 0 Å². The zero-order valence-corrected chi connectivity index (χ0v) is 19.3. The minimum atomic E-state index is -0.346. The predicted octanol–water partition coefficient (Wildman–Crippen LogP) is 4.26. The summed E-state index contributed by atoms with van der Waals surface area (Å²) in [6, 6.07) is 12.7. The van der Waals surface area contributed by atoms with E-state index in [4.69, 9.17) is 14.8 Å². The van der Waals surface area contributed by atoms with E-state index in [0.29, 0.717) is 0 Å². The molecule has 0 radical (unpaired) electrons. The number of fused-ring (bicyclic) bond motifs is 2. The number of aromatic nitrogens is 4. The van der Waals surface area contributed by atoms with Crippen LogP contribution in [0.2, 0.25) is 0 Å². The summed E-state index contributed by atoms with van der Waals surface area (Å²) in [6.07, 6.45) is 7.24. The van der Waals surface area contributed by atoms with Crippen molar-refractivity contribution in [1.29, 1.82) is 0 Å². The molecule has 0 bridgehead atoms. The second-order valence-electron chi connectivity index (χ2n) is 9.25. The third kappa shape index (κ3) is 3.26. The Hall–Kier alpha value is -3.45. The Bertz CT molecular complexity index is 1420. The van der Waals surface area contributed by atoms with Crippen molar-refractivity contribution in [3.05, 3.63) is 60.1 Å². The van der Waals surface area contributed by atoms with Crippen LogP contribution in [0.15, 0.2) is 59.5 Å². The third-order valence-corrected chi connectivity index (χ3v) is 6.82. The molecule has 2 aromatic heterocycles. The highest BCUT2D eigenvalue weighted by Crippen LogP contribution is 2.37. The first-order chi connectivity index (χ1) is 16.0. The number of allylic oxidation sites excluding steroid dienone is 1. The summed E-state index contributed by atoms with van der Waals surface area (Å²) < 4.78 is 9.54. The molecule has 4 aromatic rings. The van der Waals surface area contributed by atoms with Crippen LogP contribution >= 0.6 is 0 Å². The van der Waals surface area contributed by atoms with E-state index < -0.39 is 0 Å². The van der Waals surface area contributed by atoms with Crippen LogP contribution in [-0.2, 0) is 17.3 Å². The Balaban J connectivity index is 1.48. The largest absolute Gasteiger partial charge is 0.378 e. The number of hydrogen-bond donors (Lipinski definition) is 0. The van der Waals surface area contributed by atoms with Gasteiger partial charge >= 0.3 is 0 Å². The molecule has 4 heterocycles. The number of hydrogen-bond acceptors (Lipinski definition) is 5. The Kier molecular flexibility index (Phi) is 4.62. The maximum atomic E-state index is 5.50. The molecule has 0 N–H and O–H groups in total. The molecule has 2 aliphatic rings. The van der Waals surface area contributed by atoms with Gasteiger partial charge in [-0.1, -0.05) is 30.3 Å². The van der Waals surface area contributed by atoms with Gasteiger partial charge in [-0.15, -0.1) is 0 Å². The van der Waals surface area contributed by atoms with Crippen molar-refractivity contribution in [2.45, 2.75) is 25.8 Å². The fourth-order valence-corrected chi connectivity index (χ4v) is 5.02. The molecule has 168 valence electrons. The highest BCUT2D eigenvalue weighted by Gasteiger charge is 2.32. The van der Waals surface area contributed by atoms with E-state index in [1.165, 1.54) is 5.56 Å². The predicted molar refractivity (Wildman–Crippen MR) is 131 cm³/mol. The number of morpholine rings is 1. The van der Waals surface area contributed by atoms with Gasteiger partial charge in [0.1, 0.15) is 11.5 Å². The van der Waals surface area contributed by atoms with Crippen LogP contribution in [-0.4, -0.2) is 57.0 Å². The number of nitrogens with zero attached hydrogens (tertiary/aromatic N) is 6. The maximum absolute atomic E-state index is 5.50. The van der Waals surface area contributed by atoms with E-state index in [9.17, 15) is 0 Å². The van der Waals surface area contributed by atoms with Crippen LogP contribution in [0.4, 0.5) is 0 Å². The molecule has 1 unspecified atom stereocenters. The quantitative estimate of drug-likeness (QED) is 0.478. The molecule has 0 spiro atoms. The summed E-state index contributed by atoms with van der Waals surface area (Å²) in [7, 11) is 1.96. The standard InChI is InChI=1S/C26H28N6O/c1-18-6-4-8-20-24(19-7-5-9-22-21(19)16-30(3)28-22)29-32(25(18)20)26(2)11-10-23(27-17-26)31-12-14-33-15-13-31/h4-10,16-17H,11-15H2,1-3H3. The van der Waals surface area contributed by atoms with Crippen molar-refractivity contribution < 1.29 is 4.74 Å². The van der Waals surface area contributed by atoms with E-state index in [0.717, 1.165) is 71.6 Å². The fraction of sp³-hybridized carbons (Fsp3) is 0.346. The number of ether oxygens (including phenoxy) is 1. The fourth-order valence-electron chi connectivity index (χ4n) is 5.02. The van der Waals surface area contributed by atoms with Gasteiger partial charge in [0.2, 0.25) is 0 Å². The normalized spacial score (nSPS) is 21.2. The molecule has 1 fully saturated rings. The van der Waals surface area contributed by atoms with Gasteiger partial charge in [-0.3, -0.25) is 9.36 Å². The van der Waals surface area contributed by atoms with Crippen molar-refractivity contribution >= 4 is 28.0 Å². The SMILES string of the molecule is Cc1cccc2c(-c3cccc4nn(C)cc34)nn(C3(C)C=NC(N4CCOCC4)=CC3)c12. The number of para-hydroxylation sites is 1. The third-order valence-electron chi connectivity index (χ3n) is 6.82. The number of aryl methyl sites for hydroxylation is 2. The lowest BCUT2D eigenvalue weighted by Crippen LogP contribution is -2.39. The molecule has 2 aromatic carbocycles. The molecule has 0 aliphatic carbocycles. The Morgan fingerprint density at radius 3 is 2.61 bits per heavy atom. The summed E-state index contributed by atoms with van der Waals surface area (Å²) in [5, 5.41) is 12.1. The average Bonchev–Trinajstić information content (AvgIpc) is 3.41. The molecule has 1 atom stereocenters. The first-order valence-electron chi connectivity index (χ1n) is 11.5. The first kappa shape index (κ1) is 20.2. The zero-order valence-electron chi connectivity index (χ0n) is 19.3. The van der Waals surface area contributed by atoms with Crippen molar-refractivity contribution in [2.75, 3.05) is 26.3 Å². The molecule has 0 amide bonds. The van der Waals surface area contributed by atoms with Crippen LogP contribution < -0.4 is 0 Å². The minimum Gasteiger partial charge on any atom is -0.378 e. The molecular weight excluding hydrogens is 412 g/mol. The lowest BCUT2D eigenvalue weighted by Gasteiger charge is -2.34. The van der Waals surface area contributed by atoms with Gasteiger partial charge in [-0.2, -0.15) is 10.2 Å². The van der Waals surface area contributed by atoms with E-state index in [-0.39, 0.29) is 5.54 Å². The second-order valence-corrected chi connectivity index (χ2v) is 9.25. The Morgan fingerprint density at radius 2 is 1.82 bits per heavy atom. The molecule has 7 nitrogen and oxygen atoms in total. The topological polar surface area (TPSA) is 60.5 Å². The van der Waals surface area contributed by atoms with Gasteiger partial charge in [0.25, 0.3) is 0 Å².